The van der Waals surface area contributed by atoms with Gasteiger partial charge in [-0.15, -0.1) is 0 Å². The number of hydrogen-bond acceptors (Lipinski definition) is 5. The fourth-order valence-corrected chi connectivity index (χ4v) is 4.20. The monoisotopic (exact) mass is 451 g/mol. The van der Waals surface area contributed by atoms with E-state index in [1.165, 1.54) is 12.8 Å². The highest BCUT2D eigenvalue weighted by Crippen LogP contribution is 2.33. The Kier molecular flexibility index (Phi) is 9.37. The van der Waals surface area contributed by atoms with Crippen LogP contribution in [0, 0.1) is 13.8 Å². The van der Waals surface area contributed by atoms with E-state index in [4.69, 9.17) is 19.0 Å². The van der Waals surface area contributed by atoms with Crippen molar-refractivity contribution in [1.29, 1.82) is 0 Å². The molecule has 1 saturated carbocycles. The lowest BCUT2D eigenvalue weighted by Gasteiger charge is -2.33. The van der Waals surface area contributed by atoms with Crippen molar-refractivity contribution in [3.8, 4) is 11.5 Å². The number of aryl methyl sites for hydroxylation is 2. The van der Waals surface area contributed by atoms with Gasteiger partial charge in [-0.1, -0.05) is 48.0 Å². The molecule has 33 heavy (non-hydrogen) atoms. The predicted molar refractivity (Wildman–Crippen MR) is 133 cm³/mol. The van der Waals surface area contributed by atoms with Crippen LogP contribution < -0.4 is 9.47 Å². The maximum absolute atomic E-state index is 6.55. The normalized spacial score (nSPS) is 19.0. The quantitative estimate of drug-likeness (QED) is 0.234. The Balaban J connectivity index is 1.63. The molecule has 0 spiro atoms. The van der Waals surface area contributed by atoms with Crippen molar-refractivity contribution >= 4 is 5.71 Å². The van der Waals surface area contributed by atoms with Crippen LogP contribution in [-0.2, 0) is 16.2 Å². The SMILES string of the molecule is C/C=C/COc1cc(C)c(OC2CCCCC2OCc2ccc(/C(C)=N\OC)cc2)c(C)c1. The van der Waals surface area contributed by atoms with Crippen molar-refractivity contribution in [3.63, 3.8) is 0 Å². The molecule has 1 fully saturated rings. The number of hydrogen-bond donors (Lipinski definition) is 0. The molecule has 2 atom stereocenters. The van der Waals surface area contributed by atoms with Gasteiger partial charge < -0.3 is 19.0 Å². The summed E-state index contributed by atoms with van der Waals surface area (Å²) in [7, 11) is 1.56. The number of rotatable bonds is 10. The lowest BCUT2D eigenvalue weighted by atomic mass is 9.94. The van der Waals surface area contributed by atoms with E-state index in [0.717, 1.165) is 52.3 Å². The Hall–Kier alpha value is -2.79. The van der Waals surface area contributed by atoms with Gasteiger partial charge in [-0.25, -0.2) is 0 Å². The maximum Gasteiger partial charge on any atom is 0.125 e. The number of allylic oxidation sites excluding steroid dienone is 1. The van der Waals surface area contributed by atoms with Crippen molar-refractivity contribution in [1.82, 2.24) is 0 Å². The van der Waals surface area contributed by atoms with Crippen LogP contribution in [0.3, 0.4) is 0 Å². The second-order valence-corrected chi connectivity index (χ2v) is 8.61. The summed E-state index contributed by atoms with van der Waals surface area (Å²) >= 11 is 0. The summed E-state index contributed by atoms with van der Waals surface area (Å²) in [5.41, 5.74) is 5.23. The van der Waals surface area contributed by atoms with Gasteiger partial charge in [0.25, 0.3) is 0 Å². The van der Waals surface area contributed by atoms with Crippen molar-refractivity contribution in [3.05, 3.63) is 70.8 Å². The third-order valence-corrected chi connectivity index (χ3v) is 5.99. The molecular formula is C28H37NO4. The first-order valence-corrected chi connectivity index (χ1v) is 11.8. The summed E-state index contributed by atoms with van der Waals surface area (Å²) in [5.74, 6) is 1.83. The smallest absolute Gasteiger partial charge is 0.125 e. The second kappa shape index (κ2) is 12.4. The van der Waals surface area contributed by atoms with Crippen LogP contribution in [0.25, 0.3) is 0 Å². The molecule has 1 aliphatic carbocycles. The van der Waals surface area contributed by atoms with Crippen molar-refractivity contribution in [2.45, 2.75) is 72.2 Å². The fourth-order valence-electron chi connectivity index (χ4n) is 4.20. The van der Waals surface area contributed by atoms with E-state index in [1.807, 2.05) is 26.0 Å². The number of benzene rings is 2. The first-order valence-electron chi connectivity index (χ1n) is 11.8. The zero-order chi connectivity index (χ0) is 23.6. The molecular weight excluding hydrogens is 414 g/mol. The van der Waals surface area contributed by atoms with Crippen LogP contribution in [0.15, 0.2) is 53.7 Å². The van der Waals surface area contributed by atoms with Gasteiger partial charge >= 0.3 is 0 Å². The highest BCUT2D eigenvalue weighted by molar-refractivity contribution is 5.98. The molecule has 0 heterocycles. The van der Waals surface area contributed by atoms with E-state index in [-0.39, 0.29) is 12.2 Å². The second-order valence-electron chi connectivity index (χ2n) is 8.61. The molecule has 0 amide bonds. The molecule has 178 valence electrons. The Bertz CT molecular complexity index is 926. The van der Waals surface area contributed by atoms with E-state index >= 15 is 0 Å². The molecule has 0 N–H and O–H groups in total. The molecule has 2 unspecified atom stereocenters. The van der Waals surface area contributed by atoms with Crippen LogP contribution in [0.4, 0.5) is 0 Å². The number of oxime groups is 1. The van der Waals surface area contributed by atoms with E-state index in [2.05, 4.69) is 55.4 Å². The van der Waals surface area contributed by atoms with Gasteiger partial charge in [-0.05, 0) is 81.3 Å². The predicted octanol–water partition coefficient (Wildman–Crippen LogP) is 6.54. The van der Waals surface area contributed by atoms with Gasteiger partial charge in [0, 0.05) is 0 Å². The minimum Gasteiger partial charge on any atom is -0.490 e. The van der Waals surface area contributed by atoms with E-state index in [1.54, 1.807) is 7.11 Å². The van der Waals surface area contributed by atoms with Gasteiger partial charge in [0.2, 0.25) is 0 Å². The molecule has 5 heteroatoms. The maximum atomic E-state index is 6.55. The van der Waals surface area contributed by atoms with E-state index in [0.29, 0.717) is 13.2 Å². The van der Waals surface area contributed by atoms with Gasteiger partial charge in [-0.3, -0.25) is 0 Å². The summed E-state index contributed by atoms with van der Waals surface area (Å²) in [6, 6.07) is 12.4. The van der Waals surface area contributed by atoms with Gasteiger partial charge in [0.15, 0.2) is 0 Å². The molecule has 0 aliphatic heterocycles. The number of ether oxygens (including phenoxy) is 3. The van der Waals surface area contributed by atoms with Crippen LogP contribution >= 0.6 is 0 Å². The topological polar surface area (TPSA) is 49.3 Å². The molecule has 0 radical (unpaired) electrons. The van der Waals surface area contributed by atoms with Gasteiger partial charge in [0.05, 0.1) is 18.4 Å². The third kappa shape index (κ3) is 7.10. The molecule has 0 bridgehead atoms. The van der Waals surface area contributed by atoms with Crippen molar-refractivity contribution < 1.29 is 19.0 Å². The standard InChI is InChI=1S/C28H37NO4/c1-6-7-16-31-25-17-20(2)28(21(3)18-25)33-27-11-9-8-10-26(27)32-19-23-12-14-24(15-13-23)22(4)29-30-5/h6-7,12-15,17-18,26-27H,8-11,16,19H2,1-5H3/b7-6+,29-22-. The molecule has 2 aromatic rings. The van der Waals surface area contributed by atoms with Gasteiger partial charge in [-0.2, -0.15) is 0 Å². The molecule has 1 aliphatic rings. The summed E-state index contributed by atoms with van der Waals surface area (Å²) < 4.78 is 18.7. The van der Waals surface area contributed by atoms with Crippen molar-refractivity contribution in [2.75, 3.05) is 13.7 Å². The minimum absolute atomic E-state index is 0.0568. The zero-order valence-electron chi connectivity index (χ0n) is 20.6. The highest BCUT2D eigenvalue weighted by atomic mass is 16.6. The summed E-state index contributed by atoms with van der Waals surface area (Å²) in [4.78, 5) is 4.86. The highest BCUT2D eigenvalue weighted by Gasteiger charge is 2.28. The lowest BCUT2D eigenvalue weighted by molar-refractivity contribution is -0.0558. The average molecular weight is 452 g/mol. The molecule has 5 nitrogen and oxygen atoms in total. The Labute approximate surface area is 198 Å². The van der Waals surface area contributed by atoms with Crippen LogP contribution in [0.1, 0.15) is 61.8 Å². The largest absolute Gasteiger partial charge is 0.490 e. The van der Waals surface area contributed by atoms with Crippen molar-refractivity contribution in [2.24, 2.45) is 5.16 Å². The third-order valence-electron chi connectivity index (χ3n) is 5.99. The lowest BCUT2D eigenvalue weighted by Crippen LogP contribution is -2.37. The zero-order valence-corrected chi connectivity index (χ0v) is 20.6. The first-order chi connectivity index (χ1) is 16.0. The number of nitrogens with zero attached hydrogens (tertiary/aromatic N) is 1. The molecule has 2 aromatic carbocycles. The summed E-state index contributed by atoms with van der Waals surface area (Å²) in [5, 5.41) is 3.99. The molecule has 0 aromatic heterocycles. The van der Waals surface area contributed by atoms with Gasteiger partial charge in [0.1, 0.15) is 31.3 Å². The minimum atomic E-state index is 0.0568. The van der Waals surface area contributed by atoms with E-state index < -0.39 is 0 Å². The summed E-state index contributed by atoms with van der Waals surface area (Å²) in [6.45, 7) is 9.24. The molecule has 0 saturated heterocycles. The first kappa shape index (κ1) is 24.8. The molecule has 3 rings (SSSR count). The Morgan fingerprint density at radius 1 is 1.03 bits per heavy atom. The Morgan fingerprint density at radius 3 is 2.33 bits per heavy atom. The van der Waals surface area contributed by atoms with Crippen LogP contribution in [0.2, 0.25) is 0 Å². The summed E-state index contributed by atoms with van der Waals surface area (Å²) in [6.07, 6.45) is 8.50. The average Bonchev–Trinajstić information content (AvgIpc) is 2.81. The van der Waals surface area contributed by atoms with E-state index in [9.17, 15) is 0 Å². The fraction of sp³-hybridized carbons (Fsp3) is 0.464. The Morgan fingerprint density at radius 2 is 1.70 bits per heavy atom. The van der Waals surface area contributed by atoms with Crippen LogP contribution in [0.5, 0.6) is 11.5 Å². The van der Waals surface area contributed by atoms with Crippen LogP contribution in [-0.4, -0.2) is 31.6 Å².